The molecule has 7 heteroatoms. The standard InChI is InChI=1S/3C13H9N2.Bi/c3*1-2-6-12(7-3-1)15-10-8-11-5-4-9-14-13(11)15;/h3*2-10H;. The number of rotatable bonds is 6. The van der Waals surface area contributed by atoms with Crippen LogP contribution in [-0.2, 0) is 0 Å². The predicted octanol–water partition coefficient (Wildman–Crippen LogP) is 6.22. The van der Waals surface area contributed by atoms with Crippen molar-refractivity contribution in [3.05, 3.63) is 165 Å². The molecule has 0 aliphatic heterocycles. The molecule has 46 heavy (non-hydrogen) atoms. The van der Waals surface area contributed by atoms with Crippen molar-refractivity contribution in [3.63, 3.8) is 0 Å². The van der Waals surface area contributed by atoms with Gasteiger partial charge in [-0.3, -0.25) is 0 Å². The molecule has 9 rings (SSSR count). The van der Waals surface area contributed by atoms with Gasteiger partial charge in [0.25, 0.3) is 0 Å². The quantitative estimate of drug-likeness (QED) is 0.188. The van der Waals surface area contributed by atoms with E-state index >= 15 is 0 Å². The molecule has 0 spiro atoms. The number of nitrogens with zero attached hydrogens (tertiary/aromatic N) is 6. The number of aromatic nitrogens is 6. The zero-order chi connectivity index (χ0) is 30.5. The van der Waals surface area contributed by atoms with E-state index in [2.05, 4.69) is 156 Å². The monoisotopic (exact) mass is 788 g/mol. The SMILES string of the molecule is c1cnc2c(c1)ccn2-c1cc[c]([Bi]([c]2ccc(-n3ccc4cccnc43)cc2)[c]2ccc(-n3ccc4cccnc43)cc2)cc1. The third-order valence-corrected chi connectivity index (χ3v) is 18.0. The maximum atomic E-state index is 4.63. The zero-order valence-electron chi connectivity index (χ0n) is 24.7. The second-order valence-electron chi connectivity index (χ2n) is 11.2. The number of benzene rings is 3. The van der Waals surface area contributed by atoms with Crippen molar-refractivity contribution in [3.8, 4) is 17.1 Å². The molecule has 9 aromatic rings. The van der Waals surface area contributed by atoms with Crippen molar-refractivity contribution in [1.82, 2.24) is 28.7 Å². The van der Waals surface area contributed by atoms with Gasteiger partial charge in [-0.1, -0.05) is 0 Å². The topological polar surface area (TPSA) is 53.5 Å². The summed E-state index contributed by atoms with van der Waals surface area (Å²) >= 11 is -2.70. The van der Waals surface area contributed by atoms with Crippen LogP contribution in [0.25, 0.3) is 50.2 Å². The molecule has 0 saturated carbocycles. The first-order chi connectivity index (χ1) is 22.8. The molecule has 0 amide bonds. The van der Waals surface area contributed by atoms with Crippen molar-refractivity contribution in [1.29, 1.82) is 0 Å². The summed E-state index contributed by atoms with van der Waals surface area (Å²) in [5.41, 5.74) is 6.27. The summed E-state index contributed by atoms with van der Waals surface area (Å²) in [5, 5.41) is 3.42. The molecule has 0 fully saturated rings. The molecule has 6 heterocycles. The van der Waals surface area contributed by atoms with E-state index in [1.54, 1.807) is 0 Å². The molecule has 6 nitrogen and oxygen atoms in total. The molecular weight excluding hydrogens is 761 g/mol. The van der Waals surface area contributed by atoms with Gasteiger partial charge in [-0.2, -0.15) is 0 Å². The van der Waals surface area contributed by atoms with E-state index in [9.17, 15) is 0 Å². The molecule has 0 N–H and O–H groups in total. The first-order valence-electron chi connectivity index (χ1n) is 15.2. The number of pyridine rings is 3. The Morgan fingerprint density at radius 3 is 0.957 bits per heavy atom. The molecule has 0 aliphatic rings. The summed E-state index contributed by atoms with van der Waals surface area (Å²) in [5.74, 6) is 0. The van der Waals surface area contributed by atoms with Crippen LogP contribution in [0.5, 0.6) is 0 Å². The molecular formula is C39H27BiN6. The average molecular weight is 789 g/mol. The fourth-order valence-electron chi connectivity index (χ4n) is 6.26. The minimum atomic E-state index is -2.70. The summed E-state index contributed by atoms with van der Waals surface area (Å²) in [6.07, 6.45) is 11.9. The van der Waals surface area contributed by atoms with Gasteiger partial charge in [0.15, 0.2) is 0 Å². The van der Waals surface area contributed by atoms with Crippen molar-refractivity contribution >= 4 is 64.7 Å². The van der Waals surface area contributed by atoms with E-state index in [0.29, 0.717) is 0 Å². The van der Waals surface area contributed by atoms with Gasteiger partial charge in [0.2, 0.25) is 0 Å². The van der Waals surface area contributed by atoms with E-state index in [4.69, 9.17) is 0 Å². The van der Waals surface area contributed by atoms with Gasteiger partial charge in [0.1, 0.15) is 0 Å². The molecule has 218 valence electrons. The van der Waals surface area contributed by atoms with Crippen molar-refractivity contribution < 1.29 is 0 Å². The Labute approximate surface area is 273 Å². The Kier molecular flexibility index (Phi) is 6.57. The Balaban J connectivity index is 1.11. The van der Waals surface area contributed by atoms with Crippen LogP contribution in [0.2, 0.25) is 0 Å². The van der Waals surface area contributed by atoms with Crippen LogP contribution >= 0.6 is 0 Å². The van der Waals surface area contributed by atoms with Gasteiger partial charge in [-0.15, -0.1) is 0 Å². The molecule has 0 atom stereocenters. The average Bonchev–Trinajstić information content (AvgIpc) is 3.87. The van der Waals surface area contributed by atoms with Gasteiger partial charge < -0.3 is 0 Å². The van der Waals surface area contributed by atoms with E-state index in [0.717, 1.165) is 50.2 Å². The van der Waals surface area contributed by atoms with Crippen molar-refractivity contribution in [2.45, 2.75) is 0 Å². The third-order valence-electron chi connectivity index (χ3n) is 8.50. The van der Waals surface area contributed by atoms with Gasteiger partial charge in [0, 0.05) is 0 Å². The van der Waals surface area contributed by atoms with Crippen LogP contribution in [-0.4, -0.2) is 50.4 Å². The molecule has 3 aromatic carbocycles. The Hall–Kier alpha value is -5.39. The molecule has 0 bridgehead atoms. The number of fused-ring (bicyclic) bond motifs is 3. The zero-order valence-corrected chi connectivity index (χ0v) is 28.2. The van der Waals surface area contributed by atoms with Crippen LogP contribution in [0.15, 0.2) is 165 Å². The maximum absolute atomic E-state index is 4.63. The van der Waals surface area contributed by atoms with Crippen LogP contribution in [0.1, 0.15) is 0 Å². The second-order valence-corrected chi connectivity index (χ2v) is 19.8. The van der Waals surface area contributed by atoms with Gasteiger partial charge in [0.05, 0.1) is 0 Å². The number of hydrogen-bond acceptors (Lipinski definition) is 3. The normalized spacial score (nSPS) is 11.7. The Bertz CT molecular complexity index is 2190. The molecule has 6 aromatic heterocycles. The molecule has 0 aliphatic carbocycles. The Morgan fingerprint density at radius 2 is 0.652 bits per heavy atom. The molecule has 0 saturated heterocycles. The molecule has 0 unspecified atom stereocenters. The fraction of sp³-hybridized carbons (Fsp3) is 0. The molecule has 0 radical (unpaired) electrons. The van der Waals surface area contributed by atoms with E-state index in [1.807, 2.05) is 36.8 Å². The van der Waals surface area contributed by atoms with Crippen LogP contribution in [0, 0.1) is 0 Å². The minimum absolute atomic E-state index is 0.972. The fourth-order valence-corrected chi connectivity index (χ4v) is 15.0. The summed E-state index contributed by atoms with van der Waals surface area (Å²) in [4.78, 5) is 13.9. The summed E-state index contributed by atoms with van der Waals surface area (Å²) in [6.45, 7) is 0. The van der Waals surface area contributed by atoms with Crippen LogP contribution in [0.4, 0.5) is 0 Å². The van der Waals surface area contributed by atoms with Gasteiger partial charge in [-0.25, -0.2) is 0 Å². The summed E-state index contributed by atoms with van der Waals surface area (Å²) < 4.78 is 10.8. The Morgan fingerprint density at radius 1 is 0.348 bits per heavy atom. The first kappa shape index (κ1) is 27.0. The summed E-state index contributed by atoms with van der Waals surface area (Å²) in [6, 6.07) is 46.0. The van der Waals surface area contributed by atoms with Crippen LogP contribution < -0.4 is 9.81 Å². The number of hydrogen-bond donors (Lipinski definition) is 0. The van der Waals surface area contributed by atoms with E-state index in [1.165, 1.54) is 9.81 Å². The van der Waals surface area contributed by atoms with Crippen molar-refractivity contribution in [2.24, 2.45) is 0 Å². The second kappa shape index (κ2) is 11.2. The van der Waals surface area contributed by atoms with E-state index in [-0.39, 0.29) is 0 Å². The predicted molar refractivity (Wildman–Crippen MR) is 188 cm³/mol. The summed E-state index contributed by atoms with van der Waals surface area (Å²) in [7, 11) is 0. The van der Waals surface area contributed by atoms with Crippen LogP contribution in [0.3, 0.4) is 0 Å². The van der Waals surface area contributed by atoms with Gasteiger partial charge >= 0.3 is 275 Å². The first-order valence-corrected chi connectivity index (χ1v) is 20.4. The van der Waals surface area contributed by atoms with Crippen molar-refractivity contribution in [2.75, 3.05) is 0 Å². The van der Waals surface area contributed by atoms with E-state index < -0.39 is 21.8 Å². The third kappa shape index (κ3) is 4.63. The van der Waals surface area contributed by atoms with Gasteiger partial charge in [-0.05, 0) is 0 Å².